The van der Waals surface area contributed by atoms with Crippen LogP contribution in [0.2, 0.25) is 0 Å². The van der Waals surface area contributed by atoms with E-state index < -0.39 is 36.2 Å². The van der Waals surface area contributed by atoms with Gasteiger partial charge in [0.1, 0.15) is 30.7 Å². The Morgan fingerprint density at radius 2 is 2.15 bits per heavy atom. The van der Waals surface area contributed by atoms with Crippen molar-refractivity contribution in [1.29, 1.82) is 0 Å². The third kappa shape index (κ3) is 3.43. The summed E-state index contributed by atoms with van der Waals surface area (Å²) in [7, 11) is 0. The molecule has 0 radical (unpaired) electrons. The lowest BCUT2D eigenvalue weighted by atomic mass is 10.1. The quantitative estimate of drug-likeness (QED) is 0.582. The van der Waals surface area contributed by atoms with Crippen molar-refractivity contribution in [1.82, 2.24) is 14.5 Å². The molecular formula is C16H18N4O6. The summed E-state index contributed by atoms with van der Waals surface area (Å²) in [5.41, 5.74) is 5.48. The molecule has 1 saturated heterocycles. The van der Waals surface area contributed by atoms with Crippen molar-refractivity contribution in [2.75, 3.05) is 12.3 Å². The van der Waals surface area contributed by atoms with Gasteiger partial charge in [0.2, 0.25) is 0 Å². The zero-order valence-electron chi connectivity index (χ0n) is 13.8. The van der Waals surface area contributed by atoms with E-state index in [4.69, 9.17) is 15.2 Å². The first-order valence-corrected chi connectivity index (χ1v) is 7.83. The second-order valence-electron chi connectivity index (χ2n) is 5.82. The number of hydrogen-bond donors (Lipinski definition) is 3. The van der Waals surface area contributed by atoms with Crippen molar-refractivity contribution in [3.63, 3.8) is 0 Å². The number of nitrogens with zero attached hydrogens (tertiary/aromatic N) is 3. The second-order valence-corrected chi connectivity index (χ2v) is 5.82. The fourth-order valence-electron chi connectivity index (χ4n) is 2.65. The van der Waals surface area contributed by atoms with Gasteiger partial charge in [0.05, 0.1) is 11.3 Å². The predicted molar refractivity (Wildman–Crippen MR) is 88.1 cm³/mol. The molecule has 0 bridgehead atoms. The van der Waals surface area contributed by atoms with Crippen LogP contribution in [0.25, 0.3) is 0 Å². The highest BCUT2D eigenvalue weighted by molar-refractivity contribution is 5.90. The topological polar surface area (TPSA) is 150 Å². The van der Waals surface area contributed by atoms with E-state index in [0.29, 0.717) is 5.69 Å². The van der Waals surface area contributed by atoms with E-state index >= 15 is 0 Å². The molecule has 3 heterocycles. The number of carbonyl (C=O) groups excluding carboxylic acids is 1. The number of anilines is 1. The zero-order chi connectivity index (χ0) is 18.8. The van der Waals surface area contributed by atoms with Crippen molar-refractivity contribution >= 4 is 11.8 Å². The van der Waals surface area contributed by atoms with Gasteiger partial charge < -0.3 is 25.4 Å². The molecule has 1 aliphatic heterocycles. The van der Waals surface area contributed by atoms with Crippen molar-refractivity contribution in [3.8, 4) is 0 Å². The number of ether oxygens (including phenoxy) is 2. The first-order chi connectivity index (χ1) is 12.4. The largest absolute Gasteiger partial charge is 0.459 e. The molecule has 1 fully saturated rings. The minimum absolute atomic E-state index is 0.0246. The van der Waals surface area contributed by atoms with Crippen molar-refractivity contribution in [3.05, 3.63) is 52.3 Å². The van der Waals surface area contributed by atoms with Gasteiger partial charge in [-0.15, -0.1) is 0 Å². The molecule has 2 aromatic rings. The van der Waals surface area contributed by atoms with Crippen LogP contribution >= 0.6 is 0 Å². The fourth-order valence-corrected chi connectivity index (χ4v) is 2.65. The molecule has 138 valence electrons. The van der Waals surface area contributed by atoms with Gasteiger partial charge in [-0.2, -0.15) is 4.98 Å². The standard InChI is InChI=1S/C16H18N4O6/c1-8-9(3-2-5-18-8)15(23)25-7-10-12(21)13(22)14(26-10)20-6-4-11(17)19-16(20)24/h2-6,10,12-14,21-22H,7H2,1H3,(H2,17,19,24)/t10-,12-,13-,14-/m1/s1. The van der Waals surface area contributed by atoms with Crippen LogP contribution in [-0.4, -0.2) is 55.6 Å². The SMILES string of the molecule is Cc1ncccc1C(=O)OC[C@H]1O[C@@H](n2ccc(N)nc2=O)[C@H](O)[C@@H]1O. The van der Waals surface area contributed by atoms with Gasteiger partial charge >= 0.3 is 11.7 Å². The minimum atomic E-state index is -1.40. The van der Waals surface area contributed by atoms with E-state index in [2.05, 4.69) is 9.97 Å². The Labute approximate surface area is 147 Å². The smallest absolute Gasteiger partial charge is 0.351 e. The van der Waals surface area contributed by atoms with Gasteiger partial charge in [-0.3, -0.25) is 9.55 Å². The van der Waals surface area contributed by atoms with Crippen molar-refractivity contribution < 1.29 is 24.5 Å². The van der Waals surface area contributed by atoms with Gasteiger partial charge in [0, 0.05) is 12.4 Å². The Balaban J connectivity index is 1.69. The molecule has 26 heavy (non-hydrogen) atoms. The Hall–Kier alpha value is -2.82. The van der Waals surface area contributed by atoms with Crippen LogP contribution in [-0.2, 0) is 9.47 Å². The number of hydrogen-bond acceptors (Lipinski definition) is 9. The normalized spacial score (nSPS) is 25.2. The lowest BCUT2D eigenvalue weighted by molar-refractivity contribution is -0.0598. The van der Waals surface area contributed by atoms with Gasteiger partial charge in [-0.1, -0.05) is 0 Å². The molecular weight excluding hydrogens is 344 g/mol. The maximum absolute atomic E-state index is 12.1. The number of rotatable bonds is 4. The summed E-state index contributed by atoms with van der Waals surface area (Å²) in [6.45, 7) is 1.36. The van der Waals surface area contributed by atoms with E-state index in [0.717, 1.165) is 4.57 Å². The van der Waals surface area contributed by atoms with E-state index in [1.54, 1.807) is 25.3 Å². The zero-order valence-corrected chi connectivity index (χ0v) is 13.8. The van der Waals surface area contributed by atoms with Crippen LogP contribution in [0.4, 0.5) is 5.82 Å². The Bertz CT molecular complexity index is 870. The van der Waals surface area contributed by atoms with Crippen LogP contribution < -0.4 is 11.4 Å². The number of aromatic nitrogens is 3. The van der Waals surface area contributed by atoms with Gasteiger partial charge in [0.25, 0.3) is 0 Å². The number of esters is 1. The maximum atomic E-state index is 12.1. The molecule has 4 N–H and O–H groups in total. The molecule has 0 aliphatic carbocycles. The summed E-state index contributed by atoms with van der Waals surface area (Å²) in [6, 6.07) is 4.53. The molecule has 0 amide bonds. The van der Waals surface area contributed by atoms with E-state index in [-0.39, 0.29) is 18.0 Å². The van der Waals surface area contributed by atoms with Gasteiger partial charge in [-0.05, 0) is 25.1 Å². The number of aliphatic hydroxyl groups excluding tert-OH is 2. The minimum Gasteiger partial charge on any atom is -0.459 e. The summed E-state index contributed by atoms with van der Waals surface area (Å²) in [6.07, 6.45) is -2.09. The molecule has 0 spiro atoms. The highest BCUT2D eigenvalue weighted by Gasteiger charge is 2.44. The summed E-state index contributed by atoms with van der Waals surface area (Å²) in [5, 5.41) is 20.3. The molecule has 1 aliphatic rings. The van der Waals surface area contributed by atoms with Crippen molar-refractivity contribution in [2.24, 2.45) is 0 Å². The molecule has 10 heteroatoms. The van der Waals surface area contributed by atoms with Crippen LogP contribution in [0, 0.1) is 6.92 Å². The summed E-state index contributed by atoms with van der Waals surface area (Å²) in [4.78, 5) is 31.5. The summed E-state index contributed by atoms with van der Waals surface area (Å²) >= 11 is 0. The number of pyridine rings is 1. The third-order valence-electron chi connectivity index (χ3n) is 4.07. The lowest BCUT2D eigenvalue weighted by Gasteiger charge is -2.16. The average molecular weight is 362 g/mol. The number of nitrogens with two attached hydrogens (primary N) is 1. The van der Waals surface area contributed by atoms with E-state index in [9.17, 15) is 19.8 Å². The molecule has 2 aromatic heterocycles. The lowest BCUT2D eigenvalue weighted by Crippen LogP contribution is -2.36. The Morgan fingerprint density at radius 1 is 1.38 bits per heavy atom. The van der Waals surface area contributed by atoms with E-state index in [1.165, 1.54) is 12.3 Å². The molecule has 3 rings (SSSR count). The predicted octanol–water partition coefficient (Wildman–Crippen LogP) is -0.995. The van der Waals surface area contributed by atoms with Crippen LogP contribution in [0.15, 0.2) is 35.4 Å². The van der Waals surface area contributed by atoms with Crippen molar-refractivity contribution in [2.45, 2.75) is 31.5 Å². The molecule has 4 atom stereocenters. The van der Waals surface area contributed by atoms with Gasteiger partial charge in [0.15, 0.2) is 6.23 Å². The molecule has 0 saturated carbocycles. The summed E-state index contributed by atoms with van der Waals surface area (Å²) < 4.78 is 11.7. The number of aryl methyl sites for hydroxylation is 1. The number of carbonyl (C=O) groups is 1. The Morgan fingerprint density at radius 3 is 2.85 bits per heavy atom. The Kier molecular flexibility index (Phi) is 4.98. The second kappa shape index (κ2) is 7.20. The van der Waals surface area contributed by atoms with Crippen LogP contribution in [0.1, 0.15) is 22.3 Å². The van der Waals surface area contributed by atoms with Gasteiger partial charge in [-0.25, -0.2) is 9.59 Å². The summed E-state index contributed by atoms with van der Waals surface area (Å²) in [5.74, 6) is -0.604. The fraction of sp³-hybridized carbons (Fsp3) is 0.375. The maximum Gasteiger partial charge on any atom is 0.351 e. The van der Waals surface area contributed by atoms with E-state index in [1.807, 2.05) is 0 Å². The number of nitrogen functional groups attached to an aromatic ring is 1. The first-order valence-electron chi connectivity index (χ1n) is 7.83. The molecule has 10 nitrogen and oxygen atoms in total. The van der Waals surface area contributed by atoms with Crippen LogP contribution in [0.3, 0.4) is 0 Å². The monoisotopic (exact) mass is 362 g/mol. The molecule has 0 aromatic carbocycles. The highest BCUT2D eigenvalue weighted by atomic mass is 16.6. The van der Waals surface area contributed by atoms with Crippen LogP contribution in [0.5, 0.6) is 0 Å². The third-order valence-corrected chi connectivity index (χ3v) is 4.07. The first kappa shape index (κ1) is 18.0. The number of aliphatic hydroxyl groups is 2. The average Bonchev–Trinajstić information content (AvgIpc) is 2.88. The highest BCUT2D eigenvalue weighted by Crippen LogP contribution is 2.28. The molecule has 0 unspecified atom stereocenters.